The summed E-state index contributed by atoms with van der Waals surface area (Å²) in [4.78, 5) is 94.5. The molecule has 12 N–H and O–H groups in total. The summed E-state index contributed by atoms with van der Waals surface area (Å²) < 4.78 is 0. The number of H-pyrrole nitrogens is 1. The lowest BCUT2D eigenvalue weighted by atomic mass is 9.83. The van der Waals surface area contributed by atoms with Crippen molar-refractivity contribution in [2.45, 2.75) is 152 Å². The van der Waals surface area contributed by atoms with Gasteiger partial charge in [0.05, 0.1) is 18.3 Å². The minimum atomic E-state index is -1.18. The molecule has 17 heteroatoms. The number of aliphatic carboxylic acids is 2. The summed E-state index contributed by atoms with van der Waals surface area (Å²) in [6.07, 6.45) is 8.44. The van der Waals surface area contributed by atoms with E-state index in [4.69, 9.17) is 16.6 Å². The van der Waals surface area contributed by atoms with Crippen LogP contribution in [0.2, 0.25) is 0 Å². The molecule has 2 aliphatic carbocycles. The predicted octanol–water partition coefficient (Wildman–Crippen LogP) is 3.33. The third kappa shape index (κ3) is 16.6. The van der Waals surface area contributed by atoms with Crippen molar-refractivity contribution in [3.05, 3.63) is 71.9 Å². The molecule has 0 radical (unpaired) electrons. The van der Waals surface area contributed by atoms with Crippen LogP contribution in [0.15, 0.2) is 60.8 Å². The van der Waals surface area contributed by atoms with Gasteiger partial charge < -0.3 is 53.2 Å². The number of carboxylic acids is 2. The lowest BCUT2D eigenvalue weighted by molar-refractivity contribution is -0.140. The van der Waals surface area contributed by atoms with E-state index in [0.29, 0.717) is 51.5 Å². The second-order valence-electron chi connectivity index (χ2n) is 17.9. The molecule has 354 valence electrons. The summed E-state index contributed by atoms with van der Waals surface area (Å²) in [6, 6.07) is 13.7. The number of aromatic nitrogens is 1. The van der Waals surface area contributed by atoms with Gasteiger partial charge in [0.1, 0.15) is 0 Å². The fourth-order valence-electron chi connectivity index (χ4n) is 9.37. The Labute approximate surface area is 380 Å². The Morgan fingerprint density at radius 1 is 0.631 bits per heavy atom. The zero-order valence-electron chi connectivity index (χ0n) is 37.2. The second kappa shape index (κ2) is 25.6. The molecule has 5 amide bonds. The molecule has 2 aliphatic rings. The number of rotatable bonds is 25. The van der Waals surface area contributed by atoms with Crippen LogP contribution in [0.1, 0.15) is 114 Å². The summed E-state index contributed by atoms with van der Waals surface area (Å²) in [5.74, 6) is -4.91. The van der Waals surface area contributed by atoms with E-state index in [-0.39, 0.29) is 67.7 Å². The van der Waals surface area contributed by atoms with Crippen molar-refractivity contribution in [3.63, 3.8) is 0 Å². The zero-order chi connectivity index (χ0) is 46.7. The molecule has 0 aliphatic heterocycles. The van der Waals surface area contributed by atoms with Crippen molar-refractivity contribution in [3.8, 4) is 0 Å². The number of hydrogen-bond acceptors (Lipinski definition) is 9. The first-order chi connectivity index (χ1) is 31.3. The largest absolute Gasteiger partial charge is 0.481 e. The Balaban J connectivity index is 1.23. The molecule has 65 heavy (non-hydrogen) atoms. The maximum Gasteiger partial charge on any atom is 0.305 e. The molecule has 2 saturated carbocycles. The molecule has 1 aromatic heterocycles. The number of benzene rings is 2. The number of nitrogens with two attached hydrogens (primary N) is 2. The maximum absolute atomic E-state index is 14.1. The minimum Gasteiger partial charge on any atom is -0.481 e. The van der Waals surface area contributed by atoms with Gasteiger partial charge >= 0.3 is 11.9 Å². The van der Waals surface area contributed by atoms with E-state index in [1.54, 1.807) is 0 Å². The fraction of sp³-hybridized carbons (Fsp3) is 0.562. The first kappa shape index (κ1) is 50.2. The van der Waals surface area contributed by atoms with Gasteiger partial charge in [-0.15, -0.1) is 0 Å². The van der Waals surface area contributed by atoms with Crippen LogP contribution in [-0.4, -0.2) is 99.5 Å². The van der Waals surface area contributed by atoms with Gasteiger partial charge in [-0.3, -0.25) is 33.6 Å². The highest BCUT2D eigenvalue weighted by Crippen LogP contribution is 2.27. The van der Waals surface area contributed by atoms with Crippen molar-refractivity contribution in [1.82, 2.24) is 31.6 Å². The van der Waals surface area contributed by atoms with Crippen LogP contribution >= 0.6 is 0 Å². The number of hydrogen-bond donors (Lipinski definition) is 10. The highest BCUT2D eigenvalue weighted by molar-refractivity contribution is 5.86. The van der Waals surface area contributed by atoms with E-state index in [1.807, 2.05) is 60.8 Å². The van der Waals surface area contributed by atoms with Crippen LogP contribution in [0.25, 0.3) is 10.9 Å². The fourth-order valence-corrected chi connectivity index (χ4v) is 9.37. The van der Waals surface area contributed by atoms with Gasteiger partial charge in [0.15, 0.2) is 0 Å². The summed E-state index contributed by atoms with van der Waals surface area (Å²) in [7, 11) is 0. The van der Waals surface area contributed by atoms with Gasteiger partial charge in [-0.05, 0) is 81.5 Å². The number of amides is 5. The molecule has 8 atom stereocenters. The maximum atomic E-state index is 14.1. The van der Waals surface area contributed by atoms with Crippen LogP contribution in [0.5, 0.6) is 0 Å². The van der Waals surface area contributed by atoms with E-state index >= 15 is 0 Å². The highest BCUT2D eigenvalue weighted by Gasteiger charge is 2.35. The smallest absolute Gasteiger partial charge is 0.305 e. The molecular weight excluding hydrogens is 833 g/mol. The first-order valence-corrected chi connectivity index (χ1v) is 23.2. The number of nitrogens with one attached hydrogen (secondary N) is 6. The second-order valence-corrected chi connectivity index (χ2v) is 17.9. The molecule has 5 rings (SSSR count). The van der Waals surface area contributed by atoms with Crippen molar-refractivity contribution < 1.29 is 43.8 Å². The monoisotopic (exact) mass is 901 g/mol. The van der Waals surface area contributed by atoms with Gasteiger partial charge in [-0.25, -0.2) is 0 Å². The summed E-state index contributed by atoms with van der Waals surface area (Å²) in [6.45, 7) is 0.352. The van der Waals surface area contributed by atoms with Gasteiger partial charge in [-0.2, -0.15) is 0 Å². The van der Waals surface area contributed by atoms with E-state index in [1.165, 1.54) is 0 Å². The van der Waals surface area contributed by atoms with Crippen LogP contribution in [0.3, 0.4) is 0 Å². The van der Waals surface area contributed by atoms with Crippen LogP contribution < -0.4 is 38.1 Å². The van der Waals surface area contributed by atoms with E-state index in [0.717, 1.165) is 54.1 Å². The highest BCUT2D eigenvalue weighted by atomic mass is 16.4. The number of para-hydroxylation sites is 1. The zero-order valence-corrected chi connectivity index (χ0v) is 37.2. The molecule has 0 bridgehead atoms. The first-order valence-electron chi connectivity index (χ1n) is 23.2. The molecule has 3 aromatic rings. The third-order valence-electron chi connectivity index (χ3n) is 12.7. The van der Waals surface area contributed by atoms with E-state index in [2.05, 4.69) is 31.6 Å². The van der Waals surface area contributed by atoms with Crippen molar-refractivity contribution in [2.24, 2.45) is 23.3 Å². The molecule has 17 nitrogen and oxygen atoms in total. The normalized spacial score (nSPS) is 20.3. The molecule has 0 unspecified atom stereocenters. The molecule has 2 aromatic carbocycles. The Morgan fingerprint density at radius 3 is 1.88 bits per heavy atom. The summed E-state index contributed by atoms with van der Waals surface area (Å²) >= 11 is 0. The minimum absolute atomic E-state index is 0.0243. The molecule has 0 saturated heterocycles. The standard InChI is InChI=1S/C48H68N8O9/c49-22-10-13-32(52-43(58)27-35(55-47(64)37-15-4-7-17-39(37)50)24-31-29-51-40-18-8-5-14-36(31)40)25-44(59)56-41-19-9-6-16-38(41)48(65)54-34(23-30-11-2-1-3-12-30)26-42(57)53-33(28-46(62)63)20-21-45(60)61/h1-3,5,8,11-12,14,18,29,32-35,37-39,41,51H,4,6-7,9-10,13,15-17,19-28,49-50H2,(H,52,58)(H,53,57)(H,54,65)(H,55,64)(H,56,59)(H,60,61)(H,62,63)/t32-,33-,34-,35-,37-,38-,39-,41-/m0/s1. The Morgan fingerprint density at radius 2 is 1.22 bits per heavy atom. The number of carboxylic acid groups (broad SMARTS) is 2. The van der Waals surface area contributed by atoms with Gasteiger partial charge in [0.25, 0.3) is 0 Å². The Hall–Kier alpha value is -5.81. The number of aromatic amines is 1. The molecule has 2 fully saturated rings. The lowest BCUT2D eigenvalue weighted by Crippen LogP contribution is -2.52. The van der Waals surface area contributed by atoms with Crippen molar-refractivity contribution >= 4 is 52.4 Å². The van der Waals surface area contributed by atoms with Gasteiger partial charge in [-0.1, -0.05) is 74.2 Å². The van der Waals surface area contributed by atoms with Crippen LogP contribution in [0, 0.1) is 11.8 Å². The predicted molar refractivity (Wildman–Crippen MR) is 245 cm³/mol. The van der Waals surface area contributed by atoms with Crippen molar-refractivity contribution in [2.75, 3.05) is 6.54 Å². The van der Waals surface area contributed by atoms with E-state index in [9.17, 15) is 38.7 Å². The van der Waals surface area contributed by atoms with Gasteiger partial charge in [0, 0.05) is 79.0 Å². The average molecular weight is 901 g/mol. The quantitative estimate of drug-likeness (QED) is 0.0589. The van der Waals surface area contributed by atoms with Crippen LogP contribution in [0.4, 0.5) is 0 Å². The third-order valence-corrected chi connectivity index (χ3v) is 12.7. The molecular formula is C48H68N8O9. The summed E-state index contributed by atoms with van der Waals surface area (Å²) in [5, 5.41) is 34.5. The van der Waals surface area contributed by atoms with Crippen molar-refractivity contribution in [1.29, 1.82) is 0 Å². The summed E-state index contributed by atoms with van der Waals surface area (Å²) in [5.41, 5.74) is 15.0. The van der Waals surface area contributed by atoms with Gasteiger partial charge in [0.2, 0.25) is 29.5 Å². The van der Waals surface area contributed by atoms with Crippen LogP contribution in [-0.2, 0) is 46.4 Å². The Bertz CT molecular complexity index is 2060. The number of carbonyl (C=O) groups excluding carboxylic acids is 5. The lowest BCUT2D eigenvalue weighted by Gasteiger charge is -2.33. The molecule has 0 spiro atoms. The average Bonchev–Trinajstić information content (AvgIpc) is 3.67. The number of carbonyl (C=O) groups is 7. The topological polar surface area (TPSA) is 288 Å². The molecule has 1 heterocycles. The number of fused-ring (bicyclic) bond motifs is 1. The van der Waals surface area contributed by atoms with E-state index < -0.39 is 60.4 Å². The SMILES string of the molecule is NCCC[C@@H](CC(=O)N[C@H]1CCCC[C@@H]1C(=O)N[C@H](CC(=O)N[C@@H](CCC(=O)O)CC(=O)O)Cc1ccccc1)NC(=O)C[C@H](Cc1c[nH]c2ccccc12)NC(=O)[C@H]1CCCC[C@@H]1N. The Kier molecular flexibility index (Phi) is 19.8.